The fourth-order valence-electron chi connectivity index (χ4n) is 2.67. The summed E-state index contributed by atoms with van der Waals surface area (Å²) >= 11 is 0. The molecule has 2 unspecified atom stereocenters. The van der Waals surface area contributed by atoms with E-state index in [1.54, 1.807) is 0 Å². The van der Waals surface area contributed by atoms with Crippen molar-refractivity contribution in [3.05, 3.63) is 11.7 Å². The molecule has 0 amide bonds. The molecule has 5 heteroatoms. The van der Waals surface area contributed by atoms with E-state index in [-0.39, 0.29) is 0 Å². The van der Waals surface area contributed by atoms with Crippen molar-refractivity contribution >= 4 is 0 Å². The molecule has 5 nitrogen and oxygen atoms in total. The van der Waals surface area contributed by atoms with Crippen LogP contribution in [0.5, 0.6) is 0 Å². The van der Waals surface area contributed by atoms with Crippen LogP contribution in [0, 0.1) is 5.92 Å². The lowest BCUT2D eigenvalue weighted by molar-refractivity contribution is 0.183. The maximum atomic E-state index is 6.43. The Kier molecular flexibility index (Phi) is 4.02. The Morgan fingerprint density at radius 1 is 1.50 bits per heavy atom. The van der Waals surface area contributed by atoms with Crippen molar-refractivity contribution in [3.8, 4) is 0 Å². The van der Waals surface area contributed by atoms with E-state index < -0.39 is 5.54 Å². The first-order valence-corrected chi connectivity index (χ1v) is 6.76. The third kappa shape index (κ3) is 3.09. The molecular weight excluding hydrogens is 228 g/mol. The second kappa shape index (κ2) is 5.36. The summed E-state index contributed by atoms with van der Waals surface area (Å²) in [6, 6.07) is 0. The molecule has 2 rings (SSSR count). The number of nitrogens with zero attached hydrogens (tertiary/aromatic N) is 3. The smallest absolute Gasteiger partial charge is 0.246 e. The van der Waals surface area contributed by atoms with Crippen LogP contribution in [-0.4, -0.2) is 35.7 Å². The Hall–Kier alpha value is -0.940. The van der Waals surface area contributed by atoms with Crippen LogP contribution < -0.4 is 5.73 Å². The summed E-state index contributed by atoms with van der Waals surface area (Å²) in [6.45, 7) is 3.16. The molecule has 18 heavy (non-hydrogen) atoms. The average Bonchev–Trinajstić information content (AvgIpc) is 2.75. The number of likely N-dealkylation sites (N-methyl/N-ethyl adjacent to an activating group) is 1. The van der Waals surface area contributed by atoms with Gasteiger partial charge in [-0.2, -0.15) is 4.98 Å². The van der Waals surface area contributed by atoms with Gasteiger partial charge in [0.05, 0.1) is 5.54 Å². The normalized spacial score (nSPS) is 28.8. The van der Waals surface area contributed by atoms with Crippen LogP contribution in [0.15, 0.2) is 4.52 Å². The highest BCUT2D eigenvalue weighted by molar-refractivity contribution is 5.04. The van der Waals surface area contributed by atoms with E-state index in [0.29, 0.717) is 11.8 Å². The lowest BCUT2D eigenvalue weighted by atomic mass is 9.77. The summed E-state index contributed by atoms with van der Waals surface area (Å²) in [5, 5.41) is 4.04. The van der Waals surface area contributed by atoms with Gasteiger partial charge in [-0.05, 0) is 32.9 Å². The molecule has 1 aromatic rings. The van der Waals surface area contributed by atoms with Crippen LogP contribution in [0.25, 0.3) is 0 Å². The van der Waals surface area contributed by atoms with Gasteiger partial charge in [-0.15, -0.1) is 0 Å². The topological polar surface area (TPSA) is 68.2 Å². The lowest BCUT2D eigenvalue weighted by Crippen LogP contribution is -2.41. The van der Waals surface area contributed by atoms with Gasteiger partial charge in [-0.3, -0.25) is 0 Å². The quantitative estimate of drug-likeness (QED) is 0.880. The van der Waals surface area contributed by atoms with Gasteiger partial charge in [-0.1, -0.05) is 24.9 Å². The first kappa shape index (κ1) is 13.5. The lowest BCUT2D eigenvalue weighted by Gasteiger charge is -2.33. The van der Waals surface area contributed by atoms with E-state index in [1.807, 2.05) is 14.1 Å². The van der Waals surface area contributed by atoms with Gasteiger partial charge in [0.2, 0.25) is 5.89 Å². The van der Waals surface area contributed by atoms with Crippen molar-refractivity contribution in [2.24, 2.45) is 11.7 Å². The number of aromatic nitrogens is 2. The predicted molar refractivity (Wildman–Crippen MR) is 70.1 cm³/mol. The molecule has 0 saturated heterocycles. The summed E-state index contributed by atoms with van der Waals surface area (Å²) in [5.74, 6) is 2.03. The van der Waals surface area contributed by atoms with Crippen LogP contribution in [-0.2, 0) is 12.0 Å². The zero-order valence-electron chi connectivity index (χ0n) is 11.6. The van der Waals surface area contributed by atoms with Crippen molar-refractivity contribution in [2.75, 3.05) is 20.6 Å². The fourth-order valence-corrected chi connectivity index (χ4v) is 2.67. The SMILES string of the molecule is CC1CCCC(N)(c2nc(CCN(C)C)no2)C1. The van der Waals surface area contributed by atoms with Crippen LogP contribution in [0.1, 0.15) is 44.3 Å². The molecule has 1 aliphatic carbocycles. The standard InChI is InChI=1S/C13H24N4O/c1-10-5-4-7-13(14,9-10)12-15-11(16-18-12)6-8-17(2)3/h10H,4-9,14H2,1-3H3. The van der Waals surface area contributed by atoms with Gasteiger partial charge in [0, 0.05) is 13.0 Å². The Labute approximate surface area is 109 Å². The summed E-state index contributed by atoms with van der Waals surface area (Å²) in [4.78, 5) is 6.59. The van der Waals surface area contributed by atoms with E-state index in [0.717, 1.165) is 38.1 Å². The highest BCUT2D eigenvalue weighted by Crippen LogP contribution is 2.36. The number of rotatable bonds is 4. The highest BCUT2D eigenvalue weighted by Gasteiger charge is 2.37. The molecule has 1 fully saturated rings. The Balaban J connectivity index is 2.04. The molecule has 2 N–H and O–H groups in total. The molecule has 0 aliphatic heterocycles. The maximum Gasteiger partial charge on any atom is 0.246 e. The third-order valence-electron chi connectivity index (χ3n) is 3.71. The fraction of sp³-hybridized carbons (Fsp3) is 0.846. The molecular formula is C13H24N4O. The number of hydrogen-bond donors (Lipinski definition) is 1. The highest BCUT2D eigenvalue weighted by atomic mass is 16.5. The van der Waals surface area contributed by atoms with Crippen molar-refractivity contribution in [2.45, 2.75) is 44.6 Å². The zero-order chi connectivity index (χ0) is 13.2. The van der Waals surface area contributed by atoms with Gasteiger partial charge in [0.15, 0.2) is 5.82 Å². The van der Waals surface area contributed by atoms with Crippen molar-refractivity contribution in [1.29, 1.82) is 0 Å². The minimum absolute atomic E-state index is 0.402. The molecule has 1 heterocycles. The number of hydrogen-bond acceptors (Lipinski definition) is 5. The molecule has 102 valence electrons. The summed E-state index contributed by atoms with van der Waals surface area (Å²) in [5.41, 5.74) is 6.03. The van der Waals surface area contributed by atoms with Gasteiger partial charge < -0.3 is 15.2 Å². The summed E-state index contributed by atoms with van der Waals surface area (Å²) < 4.78 is 5.38. The Morgan fingerprint density at radius 2 is 2.28 bits per heavy atom. The van der Waals surface area contributed by atoms with E-state index >= 15 is 0 Å². The first-order valence-electron chi connectivity index (χ1n) is 6.76. The second-order valence-electron chi connectivity index (χ2n) is 5.93. The third-order valence-corrected chi connectivity index (χ3v) is 3.71. The van der Waals surface area contributed by atoms with Gasteiger partial charge in [0.25, 0.3) is 0 Å². The predicted octanol–water partition coefficient (Wildman–Crippen LogP) is 1.54. The molecule has 0 bridgehead atoms. The van der Waals surface area contributed by atoms with Gasteiger partial charge in [-0.25, -0.2) is 0 Å². The Morgan fingerprint density at radius 3 is 2.94 bits per heavy atom. The van der Waals surface area contributed by atoms with Crippen LogP contribution >= 0.6 is 0 Å². The minimum Gasteiger partial charge on any atom is -0.337 e. The summed E-state index contributed by atoms with van der Waals surface area (Å²) in [7, 11) is 4.07. The Bertz CT molecular complexity index is 390. The van der Waals surface area contributed by atoms with E-state index in [4.69, 9.17) is 10.3 Å². The first-order chi connectivity index (χ1) is 8.49. The summed E-state index contributed by atoms with van der Waals surface area (Å²) in [6.07, 6.45) is 5.10. The maximum absolute atomic E-state index is 6.43. The molecule has 0 aromatic carbocycles. The van der Waals surface area contributed by atoms with Crippen LogP contribution in [0.4, 0.5) is 0 Å². The second-order valence-corrected chi connectivity index (χ2v) is 5.93. The molecule has 0 radical (unpaired) electrons. The molecule has 1 saturated carbocycles. The van der Waals surface area contributed by atoms with Gasteiger partial charge >= 0.3 is 0 Å². The molecule has 2 atom stereocenters. The van der Waals surface area contributed by atoms with Crippen molar-refractivity contribution in [3.63, 3.8) is 0 Å². The minimum atomic E-state index is -0.402. The van der Waals surface area contributed by atoms with Crippen LogP contribution in [0.3, 0.4) is 0 Å². The van der Waals surface area contributed by atoms with Gasteiger partial charge in [0.1, 0.15) is 0 Å². The molecule has 1 aliphatic rings. The molecule has 0 spiro atoms. The largest absolute Gasteiger partial charge is 0.337 e. The average molecular weight is 252 g/mol. The van der Waals surface area contributed by atoms with E-state index in [9.17, 15) is 0 Å². The van der Waals surface area contributed by atoms with E-state index in [2.05, 4.69) is 22.0 Å². The molecule has 1 aromatic heterocycles. The van der Waals surface area contributed by atoms with Crippen LogP contribution in [0.2, 0.25) is 0 Å². The zero-order valence-corrected chi connectivity index (χ0v) is 11.6. The van der Waals surface area contributed by atoms with Crippen molar-refractivity contribution in [1.82, 2.24) is 15.0 Å². The van der Waals surface area contributed by atoms with E-state index in [1.165, 1.54) is 6.42 Å². The number of nitrogens with two attached hydrogens (primary N) is 1. The monoisotopic (exact) mass is 252 g/mol. The van der Waals surface area contributed by atoms with Crippen molar-refractivity contribution < 1.29 is 4.52 Å².